The van der Waals surface area contributed by atoms with Gasteiger partial charge in [0.25, 0.3) is 5.91 Å². The summed E-state index contributed by atoms with van der Waals surface area (Å²) >= 11 is 5.93. The van der Waals surface area contributed by atoms with E-state index in [-0.39, 0.29) is 11.3 Å². The van der Waals surface area contributed by atoms with Crippen LogP contribution >= 0.6 is 11.6 Å². The van der Waals surface area contributed by atoms with Crippen molar-refractivity contribution in [1.82, 2.24) is 5.32 Å². The maximum atomic E-state index is 12.2. The molecule has 0 saturated heterocycles. The molecule has 1 amide bonds. The molecule has 0 aromatic heterocycles. The van der Waals surface area contributed by atoms with Crippen LogP contribution < -0.4 is 5.32 Å². The molecule has 0 unspecified atom stereocenters. The van der Waals surface area contributed by atoms with Crippen molar-refractivity contribution in [3.63, 3.8) is 0 Å². The van der Waals surface area contributed by atoms with Crippen LogP contribution in [0.5, 0.6) is 0 Å². The summed E-state index contributed by atoms with van der Waals surface area (Å²) in [6, 6.07) is 15.6. The first kappa shape index (κ1) is 14.2. The van der Waals surface area contributed by atoms with E-state index in [2.05, 4.69) is 17.4 Å². The van der Waals surface area contributed by atoms with Crippen LogP contribution in [-0.2, 0) is 5.41 Å². The zero-order chi connectivity index (χ0) is 14.9. The van der Waals surface area contributed by atoms with E-state index in [0.29, 0.717) is 12.1 Å². The van der Waals surface area contributed by atoms with Gasteiger partial charge in [-0.15, -0.1) is 0 Å². The molecule has 1 saturated carbocycles. The minimum atomic E-state index is -0.00441. The Hall–Kier alpha value is -1.80. The van der Waals surface area contributed by atoms with Gasteiger partial charge in [-0.1, -0.05) is 41.4 Å². The number of benzene rings is 2. The van der Waals surface area contributed by atoms with Crippen molar-refractivity contribution in [2.45, 2.75) is 25.2 Å². The summed E-state index contributed by atoms with van der Waals surface area (Å²) in [6.45, 7) is 2.70. The zero-order valence-corrected chi connectivity index (χ0v) is 12.8. The second-order valence-electron chi connectivity index (χ2n) is 5.84. The monoisotopic (exact) mass is 299 g/mol. The van der Waals surface area contributed by atoms with Crippen LogP contribution in [0.15, 0.2) is 48.5 Å². The van der Waals surface area contributed by atoms with Crippen molar-refractivity contribution in [3.05, 3.63) is 70.2 Å². The summed E-state index contributed by atoms with van der Waals surface area (Å²) in [5, 5.41) is 3.81. The number of hydrogen-bond acceptors (Lipinski definition) is 1. The molecule has 108 valence electrons. The molecule has 0 aliphatic heterocycles. The van der Waals surface area contributed by atoms with Gasteiger partial charge in [-0.25, -0.2) is 0 Å². The SMILES string of the molecule is Cc1ccc(C(=O)NCC2(c3ccc(Cl)cc3)CC2)cc1. The van der Waals surface area contributed by atoms with Crippen molar-refractivity contribution in [2.24, 2.45) is 0 Å². The van der Waals surface area contributed by atoms with E-state index in [1.54, 1.807) is 0 Å². The Morgan fingerprint density at radius 3 is 2.29 bits per heavy atom. The lowest BCUT2D eigenvalue weighted by molar-refractivity contribution is 0.0949. The lowest BCUT2D eigenvalue weighted by Crippen LogP contribution is -2.32. The lowest BCUT2D eigenvalue weighted by atomic mass is 9.96. The predicted molar refractivity (Wildman–Crippen MR) is 85.9 cm³/mol. The Morgan fingerprint density at radius 2 is 1.71 bits per heavy atom. The smallest absolute Gasteiger partial charge is 0.251 e. The molecule has 2 aromatic rings. The number of nitrogens with one attached hydrogen (secondary N) is 1. The number of carbonyl (C=O) groups excluding carboxylic acids is 1. The normalized spacial score (nSPS) is 15.5. The summed E-state index contributed by atoms with van der Waals surface area (Å²) in [5.41, 5.74) is 3.24. The highest BCUT2D eigenvalue weighted by atomic mass is 35.5. The van der Waals surface area contributed by atoms with Gasteiger partial charge in [-0.05, 0) is 49.6 Å². The van der Waals surface area contributed by atoms with Gasteiger partial charge in [-0.3, -0.25) is 4.79 Å². The molecule has 21 heavy (non-hydrogen) atoms. The van der Waals surface area contributed by atoms with Crippen molar-refractivity contribution in [1.29, 1.82) is 0 Å². The summed E-state index contributed by atoms with van der Waals surface area (Å²) < 4.78 is 0. The lowest BCUT2D eigenvalue weighted by Gasteiger charge is -2.17. The van der Waals surface area contributed by atoms with Gasteiger partial charge >= 0.3 is 0 Å². The van der Waals surface area contributed by atoms with Crippen molar-refractivity contribution < 1.29 is 4.79 Å². The first-order valence-corrected chi connectivity index (χ1v) is 7.58. The average molecular weight is 300 g/mol. The van der Waals surface area contributed by atoms with Crippen LogP contribution in [0.25, 0.3) is 0 Å². The number of halogens is 1. The molecular weight excluding hydrogens is 282 g/mol. The fourth-order valence-electron chi connectivity index (χ4n) is 2.58. The molecule has 1 aliphatic rings. The van der Waals surface area contributed by atoms with Gasteiger partial charge in [0, 0.05) is 22.5 Å². The Labute approximate surface area is 130 Å². The van der Waals surface area contributed by atoms with E-state index in [1.807, 2.05) is 43.3 Å². The van der Waals surface area contributed by atoms with Crippen molar-refractivity contribution in [3.8, 4) is 0 Å². The van der Waals surface area contributed by atoms with Gasteiger partial charge in [0.1, 0.15) is 0 Å². The van der Waals surface area contributed by atoms with E-state index in [1.165, 1.54) is 5.56 Å². The number of hydrogen-bond donors (Lipinski definition) is 1. The Bertz CT molecular complexity index is 642. The van der Waals surface area contributed by atoms with Gasteiger partial charge in [0.15, 0.2) is 0 Å². The number of aryl methyl sites for hydroxylation is 1. The molecule has 2 nitrogen and oxygen atoms in total. The van der Waals surface area contributed by atoms with E-state index in [9.17, 15) is 4.79 Å². The minimum Gasteiger partial charge on any atom is -0.351 e. The van der Waals surface area contributed by atoms with E-state index >= 15 is 0 Å². The summed E-state index contributed by atoms with van der Waals surface area (Å²) in [7, 11) is 0. The molecule has 1 fully saturated rings. The summed E-state index contributed by atoms with van der Waals surface area (Å²) in [5.74, 6) is -0.00441. The molecule has 2 aromatic carbocycles. The zero-order valence-electron chi connectivity index (χ0n) is 12.0. The molecule has 1 aliphatic carbocycles. The van der Waals surface area contributed by atoms with Gasteiger partial charge in [0.2, 0.25) is 0 Å². The largest absolute Gasteiger partial charge is 0.351 e. The highest BCUT2D eigenvalue weighted by Crippen LogP contribution is 2.47. The van der Waals surface area contributed by atoms with Crippen LogP contribution in [0.2, 0.25) is 5.02 Å². The number of amides is 1. The van der Waals surface area contributed by atoms with E-state index in [4.69, 9.17) is 11.6 Å². The number of rotatable bonds is 4. The maximum Gasteiger partial charge on any atom is 0.251 e. The predicted octanol–water partition coefficient (Wildman–Crippen LogP) is 4.11. The van der Waals surface area contributed by atoms with E-state index < -0.39 is 0 Å². The third-order valence-corrected chi connectivity index (χ3v) is 4.46. The van der Waals surface area contributed by atoms with Crippen LogP contribution in [0.3, 0.4) is 0 Å². The number of carbonyl (C=O) groups is 1. The highest BCUT2D eigenvalue weighted by Gasteiger charge is 2.44. The van der Waals surface area contributed by atoms with Crippen LogP contribution in [0.4, 0.5) is 0 Å². The van der Waals surface area contributed by atoms with Crippen LogP contribution in [0.1, 0.15) is 34.3 Å². The van der Waals surface area contributed by atoms with Gasteiger partial charge in [0.05, 0.1) is 0 Å². The molecule has 0 spiro atoms. The molecular formula is C18H18ClNO. The molecule has 3 rings (SSSR count). The molecule has 0 atom stereocenters. The van der Waals surface area contributed by atoms with Crippen molar-refractivity contribution in [2.75, 3.05) is 6.54 Å². The minimum absolute atomic E-state index is 0.00441. The van der Waals surface area contributed by atoms with Crippen LogP contribution in [0, 0.1) is 6.92 Å². The van der Waals surface area contributed by atoms with Gasteiger partial charge in [-0.2, -0.15) is 0 Å². The summed E-state index contributed by atoms with van der Waals surface area (Å²) in [6.07, 6.45) is 2.23. The molecule has 0 radical (unpaired) electrons. The fourth-order valence-corrected chi connectivity index (χ4v) is 2.70. The third-order valence-electron chi connectivity index (χ3n) is 4.21. The molecule has 0 heterocycles. The topological polar surface area (TPSA) is 29.1 Å². The maximum absolute atomic E-state index is 12.2. The second-order valence-corrected chi connectivity index (χ2v) is 6.27. The quantitative estimate of drug-likeness (QED) is 0.904. The molecule has 1 N–H and O–H groups in total. The first-order chi connectivity index (χ1) is 10.1. The molecule has 0 bridgehead atoms. The van der Waals surface area contributed by atoms with Gasteiger partial charge < -0.3 is 5.32 Å². The molecule has 3 heteroatoms. The Morgan fingerprint density at radius 1 is 1.10 bits per heavy atom. The highest BCUT2D eigenvalue weighted by molar-refractivity contribution is 6.30. The first-order valence-electron chi connectivity index (χ1n) is 7.20. The van der Waals surface area contributed by atoms with Crippen LogP contribution in [-0.4, -0.2) is 12.5 Å². The summed E-state index contributed by atoms with van der Waals surface area (Å²) in [4.78, 5) is 12.2. The fraction of sp³-hybridized carbons (Fsp3) is 0.278. The average Bonchev–Trinajstić information content (AvgIpc) is 3.27. The van der Waals surface area contributed by atoms with Crippen molar-refractivity contribution >= 4 is 17.5 Å². The standard InChI is InChI=1S/C18H18ClNO/c1-13-2-4-14(5-3-13)17(21)20-12-18(10-11-18)15-6-8-16(19)9-7-15/h2-9H,10-12H2,1H3,(H,20,21). The second kappa shape index (κ2) is 5.53. The third kappa shape index (κ3) is 3.11. The van der Waals surface area contributed by atoms with E-state index in [0.717, 1.165) is 23.4 Å². The Balaban J connectivity index is 1.66. The Kier molecular flexibility index (Phi) is 3.73.